The number of para-hydroxylation sites is 1. The van der Waals surface area contributed by atoms with Crippen molar-refractivity contribution in [3.8, 4) is 34.1 Å². The van der Waals surface area contributed by atoms with Gasteiger partial charge in [-0.3, -0.25) is 14.4 Å². The van der Waals surface area contributed by atoms with Crippen LogP contribution in [-0.2, 0) is 14.3 Å². The second kappa shape index (κ2) is 14.5. The van der Waals surface area contributed by atoms with E-state index in [9.17, 15) is 19.2 Å². The highest BCUT2D eigenvalue weighted by Crippen LogP contribution is 2.34. The fourth-order valence-corrected chi connectivity index (χ4v) is 5.31. The zero-order valence-corrected chi connectivity index (χ0v) is 26.0. The number of carbonyl (C=O) groups is 4. The number of hydrogen-bond donors (Lipinski definition) is 0. The molecule has 9 nitrogen and oxygen atoms in total. The summed E-state index contributed by atoms with van der Waals surface area (Å²) in [6.07, 6.45) is -0.0247. The molecule has 1 saturated heterocycles. The van der Waals surface area contributed by atoms with Crippen LogP contribution in [0.1, 0.15) is 27.1 Å². The average molecular weight is 642 g/mol. The van der Waals surface area contributed by atoms with Gasteiger partial charge in [0, 0.05) is 29.8 Å². The molecule has 0 radical (unpaired) electrons. The Morgan fingerprint density at radius 2 is 1.44 bits per heavy atom. The van der Waals surface area contributed by atoms with Crippen LogP contribution < -0.4 is 19.1 Å². The van der Waals surface area contributed by atoms with Crippen molar-refractivity contribution in [1.82, 2.24) is 0 Å². The first-order valence-electron chi connectivity index (χ1n) is 15.3. The van der Waals surface area contributed by atoms with Gasteiger partial charge < -0.3 is 23.8 Å². The van der Waals surface area contributed by atoms with E-state index in [1.807, 2.05) is 54.6 Å². The minimum absolute atomic E-state index is 0.0247. The van der Waals surface area contributed by atoms with Crippen molar-refractivity contribution in [1.29, 1.82) is 0 Å². The van der Waals surface area contributed by atoms with Crippen LogP contribution >= 0.6 is 0 Å². The third-order valence-electron chi connectivity index (χ3n) is 7.84. The first kappa shape index (κ1) is 31.7. The lowest BCUT2D eigenvalue weighted by Gasteiger charge is -2.17. The normalized spacial score (nSPS) is 13.9. The molecule has 240 valence electrons. The number of hydrogen-bond acceptors (Lipinski definition) is 8. The van der Waals surface area contributed by atoms with Crippen molar-refractivity contribution in [2.45, 2.75) is 6.42 Å². The van der Waals surface area contributed by atoms with Crippen molar-refractivity contribution in [2.24, 2.45) is 5.92 Å². The van der Waals surface area contributed by atoms with Crippen LogP contribution in [0.5, 0.6) is 23.0 Å². The highest BCUT2D eigenvalue weighted by Gasteiger charge is 2.36. The molecule has 0 aromatic heterocycles. The fraction of sp³-hybridized carbons (Fsp3) is 0.128. The Kier molecular flexibility index (Phi) is 9.57. The van der Waals surface area contributed by atoms with E-state index in [1.54, 1.807) is 48.5 Å². The SMILES string of the molecule is COc1cccc(C(=O)Oc2ccc(C(=O)COC(=O)[C@@H]3CC(=O)N(c4ccc(Oc5ccccc5-c5ccccc5)cc4)C3)cc2)c1. The fourth-order valence-electron chi connectivity index (χ4n) is 5.31. The summed E-state index contributed by atoms with van der Waals surface area (Å²) in [7, 11) is 1.50. The van der Waals surface area contributed by atoms with Gasteiger partial charge in [0.2, 0.25) is 5.91 Å². The van der Waals surface area contributed by atoms with E-state index < -0.39 is 30.2 Å². The molecule has 5 aromatic rings. The summed E-state index contributed by atoms with van der Waals surface area (Å²) in [6.45, 7) is -0.348. The Labute approximate surface area is 277 Å². The summed E-state index contributed by atoms with van der Waals surface area (Å²) in [5, 5.41) is 0. The van der Waals surface area contributed by atoms with Crippen LogP contribution in [0.25, 0.3) is 11.1 Å². The molecule has 0 saturated carbocycles. The Balaban J connectivity index is 1.00. The van der Waals surface area contributed by atoms with Crippen molar-refractivity contribution < 1.29 is 38.1 Å². The molecule has 9 heteroatoms. The molecular weight excluding hydrogens is 610 g/mol. The van der Waals surface area contributed by atoms with Crippen LogP contribution in [-0.4, -0.2) is 43.9 Å². The van der Waals surface area contributed by atoms with Gasteiger partial charge in [-0.15, -0.1) is 0 Å². The molecule has 1 aliphatic heterocycles. The summed E-state index contributed by atoms with van der Waals surface area (Å²) in [4.78, 5) is 52.4. The lowest BCUT2D eigenvalue weighted by atomic mass is 10.0. The van der Waals surface area contributed by atoms with Gasteiger partial charge in [0.1, 0.15) is 23.0 Å². The molecule has 0 N–H and O–H groups in total. The maximum atomic E-state index is 12.8. The average Bonchev–Trinajstić information content (AvgIpc) is 3.53. The number of amides is 1. The molecule has 6 rings (SSSR count). The molecule has 48 heavy (non-hydrogen) atoms. The van der Waals surface area contributed by atoms with Gasteiger partial charge in [-0.1, -0.05) is 54.6 Å². The number of ether oxygens (including phenoxy) is 4. The summed E-state index contributed by atoms with van der Waals surface area (Å²) >= 11 is 0. The number of nitrogens with zero attached hydrogens (tertiary/aromatic N) is 1. The van der Waals surface area contributed by atoms with Gasteiger partial charge in [-0.25, -0.2) is 4.79 Å². The molecule has 0 spiro atoms. The van der Waals surface area contributed by atoms with Crippen molar-refractivity contribution in [3.05, 3.63) is 139 Å². The third-order valence-corrected chi connectivity index (χ3v) is 7.84. The number of carbonyl (C=O) groups excluding carboxylic acids is 4. The second-order valence-electron chi connectivity index (χ2n) is 11.0. The van der Waals surface area contributed by atoms with E-state index in [2.05, 4.69) is 0 Å². The minimum atomic E-state index is -0.711. The van der Waals surface area contributed by atoms with E-state index in [0.717, 1.165) is 11.1 Å². The van der Waals surface area contributed by atoms with Gasteiger partial charge in [0.15, 0.2) is 12.4 Å². The van der Waals surface area contributed by atoms with E-state index in [0.29, 0.717) is 28.5 Å². The molecule has 0 unspecified atom stereocenters. The molecule has 1 aliphatic rings. The number of Topliss-reactive ketones (excluding diaryl/α,β-unsaturated/α-hetero) is 1. The van der Waals surface area contributed by atoms with E-state index in [4.69, 9.17) is 18.9 Å². The molecule has 5 aromatic carbocycles. The first-order valence-corrected chi connectivity index (χ1v) is 15.3. The Morgan fingerprint density at radius 3 is 2.19 bits per heavy atom. The molecular formula is C39H31NO8. The van der Waals surface area contributed by atoms with E-state index >= 15 is 0 Å². The minimum Gasteiger partial charge on any atom is -0.497 e. The topological polar surface area (TPSA) is 108 Å². The number of benzene rings is 5. The number of rotatable bonds is 11. The van der Waals surface area contributed by atoms with Crippen LogP contribution in [0.15, 0.2) is 127 Å². The van der Waals surface area contributed by atoms with Gasteiger partial charge >= 0.3 is 11.9 Å². The monoisotopic (exact) mass is 641 g/mol. The molecule has 1 fully saturated rings. The lowest BCUT2D eigenvalue weighted by Crippen LogP contribution is -2.27. The highest BCUT2D eigenvalue weighted by atomic mass is 16.5. The number of esters is 2. The van der Waals surface area contributed by atoms with Gasteiger partial charge in [-0.2, -0.15) is 0 Å². The molecule has 0 bridgehead atoms. The number of anilines is 1. The van der Waals surface area contributed by atoms with Crippen molar-refractivity contribution >= 4 is 29.3 Å². The first-order chi connectivity index (χ1) is 23.4. The Hall–Kier alpha value is -6.22. The predicted molar refractivity (Wildman–Crippen MR) is 179 cm³/mol. The quantitative estimate of drug-likeness (QED) is 0.0850. The van der Waals surface area contributed by atoms with Gasteiger partial charge in [0.25, 0.3) is 0 Å². The maximum Gasteiger partial charge on any atom is 0.343 e. The second-order valence-corrected chi connectivity index (χ2v) is 11.0. The third kappa shape index (κ3) is 7.42. The summed E-state index contributed by atoms with van der Waals surface area (Å²) < 4.78 is 22.0. The van der Waals surface area contributed by atoms with Crippen molar-refractivity contribution in [3.63, 3.8) is 0 Å². The molecule has 0 aliphatic carbocycles. The van der Waals surface area contributed by atoms with Crippen LogP contribution in [0.4, 0.5) is 5.69 Å². The van der Waals surface area contributed by atoms with Crippen LogP contribution in [0, 0.1) is 5.92 Å². The van der Waals surface area contributed by atoms with Crippen molar-refractivity contribution in [2.75, 3.05) is 25.2 Å². The van der Waals surface area contributed by atoms with Gasteiger partial charge in [-0.05, 0) is 78.4 Å². The van der Waals surface area contributed by atoms with Gasteiger partial charge in [0.05, 0.1) is 18.6 Å². The largest absolute Gasteiger partial charge is 0.497 e. The standard InChI is InChI=1S/C39H31NO8/c1-45-33-11-7-10-28(22-33)39(44)48-32-18-14-27(15-19-32)35(41)25-46-38(43)29-23-37(42)40(24-29)30-16-20-31(21-17-30)47-36-13-6-5-12-34(36)26-8-3-2-4-9-26/h2-22,29H,23-25H2,1H3/t29-/m1/s1. The lowest BCUT2D eigenvalue weighted by molar-refractivity contribution is -0.147. The maximum absolute atomic E-state index is 12.8. The Bertz CT molecular complexity index is 1940. The zero-order valence-electron chi connectivity index (χ0n) is 26.0. The predicted octanol–water partition coefficient (Wildman–Crippen LogP) is 7.15. The number of ketones is 1. The summed E-state index contributed by atoms with van der Waals surface area (Å²) in [5.74, 6) is -0.478. The molecule has 1 amide bonds. The highest BCUT2D eigenvalue weighted by molar-refractivity contribution is 6.01. The Morgan fingerprint density at radius 1 is 0.729 bits per heavy atom. The zero-order chi connectivity index (χ0) is 33.5. The van der Waals surface area contributed by atoms with Crippen LogP contribution in [0.2, 0.25) is 0 Å². The smallest absolute Gasteiger partial charge is 0.343 e. The summed E-state index contributed by atoms with van der Waals surface area (Å²) in [5.41, 5.74) is 3.22. The van der Waals surface area contributed by atoms with E-state index in [1.165, 1.54) is 36.3 Å². The summed E-state index contributed by atoms with van der Waals surface area (Å²) in [6, 6.07) is 37.3. The van der Waals surface area contributed by atoms with E-state index in [-0.39, 0.29) is 30.2 Å². The molecule has 1 heterocycles. The molecule has 1 atom stereocenters. The number of methoxy groups -OCH3 is 1. The van der Waals surface area contributed by atoms with Crippen LogP contribution in [0.3, 0.4) is 0 Å².